The summed E-state index contributed by atoms with van der Waals surface area (Å²) in [6.45, 7) is 3.09. The van der Waals surface area contributed by atoms with Gasteiger partial charge in [0.2, 0.25) is 0 Å². The lowest BCUT2D eigenvalue weighted by Crippen LogP contribution is -2.05. The average Bonchev–Trinajstić information content (AvgIpc) is 2.45. The van der Waals surface area contributed by atoms with Gasteiger partial charge in [0.15, 0.2) is 0 Å². The van der Waals surface area contributed by atoms with Crippen LogP contribution in [-0.2, 0) is 0 Å². The van der Waals surface area contributed by atoms with E-state index in [1.807, 2.05) is 0 Å². The minimum absolute atomic E-state index is 0.0431. The molecule has 122 valence electrons. The van der Waals surface area contributed by atoms with Crippen molar-refractivity contribution in [2.24, 2.45) is 5.73 Å². The monoisotopic (exact) mass is 285 g/mol. The molecule has 0 aromatic carbocycles. The molecule has 0 aliphatic carbocycles. The Kier molecular flexibility index (Phi) is 16.9. The van der Waals surface area contributed by atoms with E-state index >= 15 is 0 Å². The number of hydrogen-bond acceptors (Lipinski definition) is 2. The molecule has 0 radical (unpaired) electrons. The van der Waals surface area contributed by atoms with Crippen molar-refractivity contribution in [2.75, 3.05) is 6.54 Å². The van der Waals surface area contributed by atoms with Gasteiger partial charge in [-0.25, -0.2) is 0 Å². The van der Waals surface area contributed by atoms with Crippen molar-refractivity contribution in [3.8, 4) is 0 Å². The lowest BCUT2D eigenvalue weighted by Gasteiger charge is -2.10. The van der Waals surface area contributed by atoms with E-state index in [-0.39, 0.29) is 6.10 Å². The molecule has 2 nitrogen and oxygen atoms in total. The smallest absolute Gasteiger partial charge is 0.0540 e. The maximum Gasteiger partial charge on any atom is 0.0540 e. The van der Waals surface area contributed by atoms with Gasteiger partial charge in [-0.2, -0.15) is 0 Å². The van der Waals surface area contributed by atoms with Crippen molar-refractivity contribution in [2.45, 2.75) is 109 Å². The van der Waals surface area contributed by atoms with Crippen LogP contribution in [0.15, 0.2) is 0 Å². The fraction of sp³-hybridized carbons (Fsp3) is 1.00. The van der Waals surface area contributed by atoms with Gasteiger partial charge in [0.1, 0.15) is 0 Å². The van der Waals surface area contributed by atoms with Gasteiger partial charge in [0.05, 0.1) is 6.10 Å². The molecular weight excluding hydrogens is 246 g/mol. The Labute approximate surface area is 127 Å². The Balaban J connectivity index is 3.10. The summed E-state index contributed by atoms with van der Waals surface area (Å²) in [5, 5.41) is 9.91. The molecule has 0 aliphatic rings. The summed E-state index contributed by atoms with van der Waals surface area (Å²) in [6.07, 6.45) is 18.9. The average molecular weight is 286 g/mol. The molecule has 0 fully saturated rings. The number of hydrogen-bond donors (Lipinski definition) is 2. The lowest BCUT2D eigenvalue weighted by atomic mass is 10.0. The van der Waals surface area contributed by atoms with Crippen LogP contribution in [0.2, 0.25) is 0 Å². The van der Waals surface area contributed by atoms with Crippen molar-refractivity contribution >= 4 is 0 Å². The molecule has 0 saturated heterocycles. The van der Waals surface area contributed by atoms with Crippen LogP contribution in [-0.4, -0.2) is 17.8 Å². The Morgan fingerprint density at radius 2 is 1.05 bits per heavy atom. The van der Waals surface area contributed by atoms with Gasteiger partial charge in [-0.1, -0.05) is 84.0 Å². The highest BCUT2D eigenvalue weighted by atomic mass is 16.3. The Morgan fingerprint density at radius 1 is 0.650 bits per heavy atom. The third kappa shape index (κ3) is 16.0. The highest BCUT2D eigenvalue weighted by Crippen LogP contribution is 2.14. The van der Waals surface area contributed by atoms with E-state index in [4.69, 9.17) is 5.73 Å². The van der Waals surface area contributed by atoms with Crippen LogP contribution in [0.3, 0.4) is 0 Å². The van der Waals surface area contributed by atoms with Crippen molar-refractivity contribution in [3.05, 3.63) is 0 Å². The molecule has 0 bridgehead atoms. The van der Waals surface area contributed by atoms with E-state index in [1.165, 1.54) is 83.5 Å². The van der Waals surface area contributed by atoms with Gasteiger partial charge in [0, 0.05) is 0 Å². The first-order valence-corrected chi connectivity index (χ1v) is 9.19. The predicted molar refractivity (Wildman–Crippen MR) is 90.0 cm³/mol. The van der Waals surface area contributed by atoms with Crippen LogP contribution >= 0.6 is 0 Å². The molecule has 3 N–H and O–H groups in total. The van der Waals surface area contributed by atoms with Crippen LogP contribution in [0.5, 0.6) is 0 Å². The van der Waals surface area contributed by atoms with Crippen LogP contribution in [0.1, 0.15) is 103 Å². The van der Waals surface area contributed by atoms with Gasteiger partial charge >= 0.3 is 0 Å². The van der Waals surface area contributed by atoms with E-state index in [2.05, 4.69) is 6.92 Å². The number of unbranched alkanes of at least 4 members (excludes halogenated alkanes) is 11. The lowest BCUT2D eigenvalue weighted by molar-refractivity contribution is 0.147. The van der Waals surface area contributed by atoms with Crippen LogP contribution < -0.4 is 5.73 Å². The quantitative estimate of drug-likeness (QED) is 0.384. The third-order valence-electron chi connectivity index (χ3n) is 4.13. The number of aliphatic hydroxyl groups is 1. The topological polar surface area (TPSA) is 46.2 Å². The van der Waals surface area contributed by atoms with Crippen molar-refractivity contribution in [1.29, 1.82) is 0 Å². The Bertz CT molecular complexity index is 173. The molecule has 0 spiro atoms. The highest BCUT2D eigenvalue weighted by molar-refractivity contribution is 4.57. The molecule has 0 aromatic heterocycles. The number of aliphatic hydroxyl groups excluding tert-OH is 1. The van der Waals surface area contributed by atoms with E-state index in [0.717, 1.165) is 19.4 Å². The molecule has 0 aliphatic heterocycles. The Hall–Kier alpha value is -0.0800. The first-order valence-electron chi connectivity index (χ1n) is 9.19. The first-order chi connectivity index (χ1) is 9.81. The molecule has 0 aromatic rings. The largest absolute Gasteiger partial charge is 0.393 e. The van der Waals surface area contributed by atoms with E-state index < -0.39 is 0 Å². The zero-order valence-electron chi connectivity index (χ0n) is 13.9. The van der Waals surface area contributed by atoms with Gasteiger partial charge in [0.25, 0.3) is 0 Å². The van der Waals surface area contributed by atoms with Crippen molar-refractivity contribution < 1.29 is 5.11 Å². The number of nitrogens with two attached hydrogens (primary N) is 1. The minimum Gasteiger partial charge on any atom is -0.393 e. The number of rotatable bonds is 16. The second kappa shape index (κ2) is 17.0. The van der Waals surface area contributed by atoms with Gasteiger partial charge < -0.3 is 10.8 Å². The predicted octanol–water partition coefficient (Wildman–Crippen LogP) is 5.18. The van der Waals surface area contributed by atoms with Gasteiger partial charge in [-0.05, 0) is 25.8 Å². The molecule has 20 heavy (non-hydrogen) atoms. The molecular formula is C18H39NO. The second-order valence-electron chi connectivity index (χ2n) is 6.26. The third-order valence-corrected chi connectivity index (χ3v) is 4.13. The molecule has 1 unspecified atom stereocenters. The maximum atomic E-state index is 9.91. The van der Waals surface area contributed by atoms with Crippen LogP contribution in [0.25, 0.3) is 0 Å². The van der Waals surface area contributed by atoms with Gasteiger partial charge in [-0.15, -0.1) is 0 Å². The maximum absolute atomic E-state index is 9.91. The van der Waals surface area contributed by atoms with E-state index in [1.54, 1.807) is 0 Å². The minimum atomic E-state index is -0.0431. The summed E-state index contributed by atoms with van der Waals surface area (Å²) in [7, 11) is 0. The standard InChI is InChI=1S/C18H39NO/c1-2-3-4-5-9-12-15-18(20)16-13-10-7-6-8-11-14-17-19/h18,20H,2-17,19H2,1H3. The SMILES string of the molecule is CCCCCCCCC(O)CCCCCCCCCN. The molecule has 0 saturated carbocycles. The molecule has 2 heteroatoms. The normalized spacial score (nSPS) is 12.8. The fourth-order valence-electron chi connectivity index (χ4n) is 2.71. The Morgan fingerprint density at radius 3 is 1.50 bits per heavy atom. The zero-order valence-corrected chi connectivity index (χ0v) is 13.9. The molecule has 1 atom stereocenters. The van der Waals surface area contributed by atoms with E-state index in [0.29, 0.717) is 0 Å². The zero-order chi connectivity index (χ0) is 14.9. The highest BCUT2D eigenvalue weighted by Gasteiger charge is 2.03. The van der Waals surface area contributed by atoms with E-state index in [9.17, 15) is 5.11 Å². The summed E-state index contributed by atoms with van der Waals surface area (Å²) in [4.78, 5) is 0. The van der Waals surface area contributed by atoms with Crippen molar-refractivity contribution in [3.63, 3.8) is 0 Å². The van der Waals surface area contributed by atoms with Crippen LogP contribution in [0, 0.1) is 0 Å². The second-order valence-corrected chi connectivity index (χ2v) is 6.26. The summed E-state index contributed by atoms with van der Waals surface area (Å²) in [5.74, 6) is 0. The first kappa shape index (κ1) is 19.9. The molecule has 0 heterocycles. The summed E-state index contributed by atoms with van der Waals surface area (Å²) in [6, 6.07) is 0. The van der Waals surface area contributed by atoms with Crippen molar-refractivity contribution in [1.82, 2.24) is 0 Å². The molecule has 0 amide bonds. The summed E-state index contributed by atoms with van der Waals surface area (Å²) in [5.41, 5.74) is 5.47. The van der Waals surface area contributed by atoms with Crippen LogP contribution in [0.4, 0.5) is 0 Å². The van der Waals surface area contributed by atoms with Gasteiger partial charge in [-0.3, -0.25) is 0 Å². The molecule has 0 rings (SSSR count). The fourth-order valence-corrected chi connectivity index (χ4v) is 2.71. The summed E-state index contributed by atoms with van der Waals surface area (Å²) < 4.78 is 0. The summed E-state index contributed by atoms with van der Waals surface area (Å²) >= 11 is 0.